The molecular formula is C64H80N4O13S2+4. The van der Waals surface area contributed by atoms with Gasteiger partial charge in [-0.2, -0.15) is 0 Å². The Morgan fingerprint density at radius 3 is 0.892 bits per heavy atom. The van der Waals surface area contributed by atoms with E-state index in [1.54, 1.807) is 91.0 Å². The molecule has 10 rings (SSSR count). The molecule has 0 unspecified atom stereocenters. The van der Waals surface area contributed by atoms with Crippen molar-refractivity contribution in [1.82, 2.24) is 0 Å². The Morgan fingerprint density at radius 1 is 0.398 bits per heavy atom. The molecule has 17 nitrogen and oxygen atoms in total. The molecule has 0 bridgehead atoms. The molecule has 0 radical (unpaired) electrons. The minimum Gasteiger partial charge on any atom is -0.497 e. The molecular weight excluding hydrogens is 1100 g/mol. The van der Waals surface area contributed by atoms with Crippen LogP contribution < -0.4 is 23.7 Å². The third-order valence-corrected chi connectivity index (χ3v) is 20.3. The zero-order valence-corrected chi connectivity index (χ0v) is 50.2. The average molecular weight is 1180 g/mol. The second-order valence-electron chi connectivity index (χ2n) is 23.5. The highest BCUT2D eigenvalue weighted by Crippen LogP contribution is 2.41. The second-order valence-corrected chi connectivity index (χ2v) is 27.4. The van der Waals surface area contributed by atoms with E-state index in [9.17, 15) is 16.8 Å². The zero-order valence-electron chi connectivity index (χ0n) is 48.6. The number of likely N-dealkylation sites (N-methyl/N-ethyl adjacent to an activating group) is 4. The molecule has 0 atom stereocenters. The molecule has 0 aliphatic carbocycles. The van der Waals surface area contributed by atoms with Crippen molar-refractivity contribution in [2.24, 2.45) is 0 Å². The van der Waals surface area contributed by atoms with Crippen molar-refractivity contribution >= 4 is 19.7 Å². The summed E-state index contributed by atoms with van der Waals surface area (Å²) in [4.78, 5) is 0.542. The van der Waals surface area contributed by atoms with Gasteiger partial charge in [-0.3, -0.25) is 0 Å². The van der Waals surface area contributed by atoms with Crippen LogP contribution in [0.4, 0.5) is 0 Å². The quantitative estimate of drug-likeness (QED) is 0.0470. The van der Waals surface area contributed by atoms with E-state index in [2.05, 4.69) is 46.9 Å². The lowest BCUT2D eigenvalue weighted by Gasteiger charge is -2.39. The molecule has 0 saturated carbocycles. The van der Waals surface area contributed by atoms with Gasteiger partial charge in [-0.05, 0) is 121 Å². The van der Waals surface area contributed by atoms with Crippen LogP contribution in [0, 0.1) is 0 Å². The van der Waals surface area contributed by atoms with Gasteiger partial charge in [-0.1, -0.05) is 12.7 Å². The van der Waals surface area contributed by atoms with Gasteiger partial charge in [0.25, 0.3) is 0 Å². The molecule has 4 saturated heterocycles. The Morgan fingerprint density at radius 2 is 0.639 bits per heavy atom. The van der Waals surface area contributed by atoms with E-state index in [-0.39, 0.29) is 19.6 Å². The van der Waals surface area contributed by atoms with Crippen LogP contribution in [0.3, 0.4) is 0 Å². The summed E-state index contributed by atoms with van der Waals surface area (Å²) < 4.78 is 114. The molecule has 4 fully saturated rings. The fourth-order valence-corrected chi connectivity index (χ4v) is 13.8. The smallest absolute Gasteiger partial charge is 0.206 e. The SMILES string of the molecule is C=CCOc1cc(C[N+]2(C)CCOCC2)c(Oc2ccc(S(=O)(=O)c3ccc(Oc4cc(C[N+]5(C)CCOCC5)c(Oc5ccc(S(=O)(=O)c6ccc(OC)cc6)cc5)cc4C[N+]4(C)CCOCC4)cc3)cc2)cc1C[N+]1(C)CCOCC1. The summed E-state index contributed by atoms with van der Waals surface area (Å²) >= 11 is 0. The Hall–Kier alpha value is -6.36. The molecule has 0 amide bonds. The highest BCUT2D eigenvalue weighted by molar-refractivity contribution is 7.91. The van der Waals surface area contributed by atoms with Gasteiger partial charge in [0.15, 0.2) is 0 Å². The topological polar surface area (TPSA) is 151 Å². The Kier molecular flexibility index (Phi) is 18.3. The van der Waals surface area contributed by atoms with Crippen LogP contribution in [0.25, 0.3) is 0 Å². The summed E-state index contributed by atoms with van der Waals surface area (Å²) in [6, 6.07) is 34.2. The van der Waals surface area contributed by atoms with Gasteiger partial charge >= 0.3 is 0 Å². The maximum absolute atomic E-state index is 14.4. The number of ether oxygens (including phenoxy) is 9. The lowest BCUT2D eigenvalue weighted by molar-refractivity contribution is -0.929. The van der Waals surface area contributed by atoms with Crippen molar-refractivity contribution in [3.05, 3.63) is 156 Å². The maximum atomic E-state index is 14.4. The molecule has 0 N–H and O–H groups in total. The van der Waals surface area contributed by atoms with Gasteiger partial charge in [0.05, 0.1) is 130 Å². The molecule has 4 aliphatic rings. The number of rotatable bonds is 22. The van der Waals surface area contributed by atoms with Crippen LogP contribution >= 0.6 is 0 Å². The van der Waals surface area contributed by atoms with Gasteiger partial charge in [-0.15, -0.1) is 0 Å². The fourth-order valence-electron chi connectivity index (χ4n) is 11.2. The highest BCUT2D eigenvalue weighted by atomic mass is 32.2. The van der Waals surface area contributed by atoms with E-state index in [0.717, 1.165) is 95.9 Å². The predicted molar refractivity (Wildman–Crippen MR) is 314 cm³/mol. The second kappa shape index (κ2) is 25.5. The normalized spacial score (nSPS) is 18.6. The van der Waals surface area contributed by atoms with E-state index < -0.39 is 19.7 Å². The molecule has 4 heterocycles. The van der Waals surface area contributed by atoms with Gasteiger partial charge in [0.1, 0.15) is 131 Å². The van der Waals surface area contributed by atoms with Crippen LogP contribution in [0.1, 0.15) is 22.3 Å². The van der Waals surface area contributed by atoms with E-state index in [1.807, 2.05) is 12.1 Å². The number of methoxy groups -OCH3 is 1. The first kappa shape index (κ1) is 59.8. The van der Waals surface area contributed by atoms with Crippen molar-refractivity contribution in [1.29, 1.82) is 0 Å². The Labute approximate surface area is 489 Å². The van der Waals surface area contributed by atoms with Crippen LogP contribution in [-0.2, 0) is 64.8 Å². The Balaban J connectivity index is 0.917. The lowest BCUT2D eigenvalue weighted by Crippen LogP contribution is -2.51. The summed E-state index contributed by atoms with van der Waals surface area (Å²) in [5.41, 5.74) is 3.79. The van der Waals surface area contributed by atoms with E-state index in [1.165, 1.54) is 19.2 Å². The number of hydrogen-bond donors (Lipinski definition) is 0. The van der Waals surface area contributed by atoms with Crippen molar-refractivity contribution < 1.29 is 77.4 Å². The minimum atomic E-state index is -3.97. The number of hydrogen-bond acceptors (Lipinski definition) is 13. The lowest BCUT2D eigenvalue weighted by atomic mass is 10.0. The fraction of sp³-hybridized carbons (Fsp3) is 0.406. The molecule has 0 spiro atoms. The first-order chi connectivity index (χ1) is 39.8. The van der Waals surface area contributed by atoms with Crippen molar-refractivity contribution in [2.75, 3.05) is 147 Å². The number of benzene rings is 6. The summed E-state index contributed by atoms with van der Waals surface area (Å²) in [5.74, 6) is 4.76. The summed E-state index contributed by atoms with van der Waals surface area (Å²) in [6.45, 7) is 18.8. The molecule has 6 aromatic rings. The summed E-state index contributed by atoms with van der Waals surface area (Å²) in [5, 5.41) is 0. The number of sulfone groups is 2. The average Bonchev–Trinajstić information content (AvgIpc) is 3.55. The van der Waals surface area contributed by atoms with Crippen molar-refractivity contribution in [2.45, 2.75) is 45.8 Å². The first-order valence-electron chi connectivity index (χ1n) is 28.5. The summed E-state index contributed by atoms with van der Waals surface area (Å²) in [7, 11) is 2.64. The molecule has 0 aromatic heterocycles. The van der Waals surface area contributed by atoms with Crippen LogP contribution in [0.15, 0.2) is 154 Å². The molecule has 442 valence electrons. The standard InChI is InChI=1S/C64H80N4O13S2/c1-7-32-78-61-41-50(46-66(3)26-35-75-36-27-66)62(42-49(61)45-65(2)24-33-74-34-25-65)79-54-10-20-59(21-11-54)83(71,72)60-22-14-56(15-23-60)81-64-44-51(47-67(4)28-37-76-38-29-67)63(43-52(64)48-68(5)30-39-77-40-31-68)80-55-12-18-58(19-13-55)82(69,70)57-16-8-53(73-6)9-17-57/h7-23,41-44H,1,24-40,45-48H2,2-6H3/q+4. The molecule has 83 heavy (non-hydrogen) atoms. The first-order valence-corrected chi connectivity index (χ1v) is 31.5. The van der Waals surface area contributed by atoms with Gasteiger partial charge < -0.3 is 60.6 Å². The maximum Gasteiger partial charge on any atom is 0.206 e. The molecule has 19 heteroatoms. The third kappa shape index (κ3) is 14.6. The minimum absolute atomic E-state index is 0.117. The Bertz CT molecular complexity index is 3430. The third-order valence-electron chi connectivity index (χ3n) is 16.7. The zero-order chi connectivity index (χ0) is 58.3. The van der Waals surface area contributed by atoms with Gasteiger partial charge in [0.2, 0.25) is 19.7 Å². The van der Waals surface area contributed by atoms with E-state index >= 15 is 0 Å². The van der Waals surface area contributed by atoms with E-state index in [0.29, 0.717) is 128 Å². The van der Waals surface area contributed by atoms with Crippen LogP contribution in [0.2, 0.25) is 0 Å². The summed E-state index contributed by atoms with van der Waals surface area (Å²) in [6.07, 6.45) is 1.76. The monoisotopic (exact) mass is 1180 g/mol. The highest BCUT2D eigenvalue weighted by Gasteiger charge is 2.34. The van der Waals surface area contributed by atoms with Crippen molar-refractivity contribution in [3.8, 4) is 46.0 Å². The predicted octanol–water partition coefficient (Wildman–Crippen LogP) is 9.21. The largest absolute Gasteiger partial charge is 0.497 e. The van der Waals surface area contributed by atoms with Crippen molar-refractivity contribution in [3.63, 3.8) is 0 Å². The number of morpholine rings is 4. The van der Waals surface area contributed by atoms with Crippen LogP contribution in [0.5, 0.6) is 46.0 Å². The van der Waals surface area contributed by atoms with E-state index in [4.69, 9.17) is 42.6 Å². The molecule has 6 aromatic carbocycles. The van der Waals surface area contributed by atoms with Crippen LogP contribution in [-0.4, -0.2) is 182 Å². The van der Waals surface area contributed by atoms with Gasteiger partial charge in [0, 0.05) is 0 Å². The number of nitrogens with zero attached hydrogens (tertiary/aromatic N) is 4. The number of quaternary nitrogens is 4. The van der Waals surface area contributed by atoms with Gasteiger partial charge in [-0.25, -0.2) is 16.8 Å². The molecule has 4 aliphatic heterocycles.